The molecule has 3 rings (SSSR count). The Morgan fingerprint density at radius 3 is 2.95 bits per heavy atom. The van der Waals surface area contributed by atoms with Gasteiger partial charge in [-0.05, 0) is 37.1 Å². The standard InChI is InChI=1S/C16H19ClN4O/c17-13-4-6-15(7-5-13)21-11-12(9-19-21)8-18-10-14-2-1-3-16(22)20-14/h4-7,9,11,14,18H,1-3,8,10H2,(H,20,22)/t14-/m1/s1. The van der Waals surface area contributed by atoms with Gasteiger partial charge in [-0.3, -0.25) is 4.79 Å². The van der Waals surface area contributed by atoms with Gasteiger partial charge in [0.05, 0.1) is 11.9 Å². The lowest BCUT2D eigenvalue weighted by atomic mass is 10.0. The molecule has 2 N–H and O–H groups in total. The van der Waals surface area contributed by atoms with Crippen LogP contribution in [-0.4, -0.2) is 28.3 Å². The molecule has 1 aliphatic heterocycles. The monoisotopic (exact) mass is 318 g/mol. The molecule has 1 aromatic heterocycles. The molecule has 2 aromatic rings. The van der Waals surface area contributed by atoms with Crippen molar-refractivity contribution in [3.05, 3.63) is 47.2 Å². The molecule has 5 nitrogen and oxygen atoms in total. The molecule has 22 heavy (non-hydrogen) atoms. The molecule has 1 aromatic carbocycles. The first kappa shape index (κ1) is 15.1. The summed E-state index contributed by atoms with van der Waals surface area (Å²) in [7, 11) is 0. The highest BCUT2D eigenvalue weighted by Gasteiger charge is 2.17. The Bertz CT molecular complexity index is 638. The second-order valence-electron chi connectivity index (χ2n) is 5.56. The van der Waals surface area contributed by atoms with Gasteiger partial charge in [-0.15, -0.1) is 0 Å². The Hall–Kier alpha value is -1.85. The number of benzene rings is 1. The van der Waals surface area contributed by atoms with Crippen LogP contribution in [0.25, 0.3) is 5.69 Å². The fourth-order valence-electron chi connectivity index (χ4n) is 2.61. The second-order valence-corrected chi connectivity index (χ2v) is 5.99. The lowest BCUT2D eigenvalue weighted by Gasteiger charge is -2.23. The van der Waals surface area contributed by atoms with Crippen molar-refractivity contribution in [2.24, 2.45) is 0 Å². The van der Waals surface area contributed by atoms with E-state index in [1.165, 1.54) is 0 Å². The van der Waals surface area contributed by atoms with Crippen molar-refractivity contribution in [1.29, 1.82) is 0 Å². The van der Waals surface area contributed by atoms with Gasteiger partial charge in [0, 0.05) is 42.3 Å². The van der Waals surface area contributed by atoms with Gasteiger partial charge in [-0.2, -0.15) is 5.10 Å². The van der Waals surface area contributed by atoms with Crippen LogP contribution in [0, 0.1) is 0 Å². The van der Waals surface area contributed by atoms with Gasteiger partial charge in [0.1, 0.15) is 0 Å². The third-order valence-electron chi connectivity index (χ3n) is 3.77. The third-order valence-corrected chi connectivity index (χ3v) is 4.02. The molecule has 1 atom stereocenters. The number of piperidine rings is 1. The number of halogens is 1. The summed E-state index contributed by atoms with van der Waals surface area (Å²) in [6.45, 7) is 1.53. The zero-order valence-electron chi connectivity index (χ0n) is 12.3. The minimum Gasteiger partial charge on any atom is -0.352 e. The van der Waals surface area contributed by atoms with Crippen LogP contribution in [0.1, 0.15) is 24.8 Å². The highest BCUT2D eigenvalue weighted by Crippen LogP contribution is 2.13. The van der Waals surface area contributed by atoms with Gasteiger partial charge in [0.2, 0.25) is 5.91 Å². The molecule has 1 amide bonds. The van der Waals surface area contributed by atoms with Crippen LogP contribution in [-0.2, 0) is 11.3 Å². The third kappa shape index (κ3) is 3.87. The Kier molecular flexibility index (Phi) is 4.75. The molecule has 6 heteroatoms. The average Bonchev–Trinajstić information content (AvgIpc) is 2.97. The summed E-state index contributed by atoms with van der Waals surface area (Å²) in [5, 5.41) is 11.5. The summed E-state index contributed by atoms with van der Waals surface area (Å²) in [6.07, 6.45) is 6.52. The van der Waals surface area contributed by atoms with E-state index in [4.69, 9.17) is 11.6 Å². The zero-order valence-corrected chi connectivity index (χ0v) is 13.0. The van der Waals surface area contributed by atoms with E-state index in [0.29, 0.717) is 11.4 Å². The first-order chi connectivity index (χ1) is 10.7. The van der Waals surface area contributed by atoms with E-state index in [-0.39, 0.29) is 11.9 Å². The predicted molar refractivity (Wildman–Crippen MR) is 86.1 cm³/mol. The smallest absolute Gasteiger partial charge is 0.220 e. The quantitative estimate of drug-likeness (QED) is 0.889. The van der Waals surface area contributed by atoms with Crippen LogP contribution < -0.4 is 10.6 Å². The molecule has 0 aliphatic carbocycles. The van der Waals surface area contributed by atoms with Crippen molar-refractivity contribution in [2.45, 2.75) is 31.8 Å². The summed E-state index contributed by atoms with van der Waals surface area (Å²) >= 11 is 5.89. The minimum absolute atomic E-state index is 0.161. The van der Waals surface area contributed by atoms with Gasteiger partial charge in [-0.25, -0.2) is 4.68 Å². The number of carbonyl (C=O) groups is 1. The van der Waals surface area contributed by atoms with Gasteiger partial charge in [0.25, 0.3) is 0 Å². The number of rotatable bonds is 5. The van der Waals surface area contributed by atoms with Crippen LogP contribution in [0.15, 0.2) is 36.7 Å². The molecule has 1 saturated heterocycles. The van der Waals surface area contributed by atoms with Crippen LogP contribution in [0.3, 0.4) is 0 Å². The van der Waals surface area contributed by atoms with Crippen molar-refractivity contribution < 1.29 is 4.79 Å². The van der Waals surface area contributed by atoms with Gasteiger partial charge in [-0.1, -0.05) is 11.6 Å². The SMILES string of the molecule is O=C1CCC[C@H](CNCc2cnn(-c3ccc(Cl)cc3)c2)N1. The van der Waals surface area contributed by atoms with Crippen molar-refractivity contribution in [3.63, 3.8) is 0 Å². The van der Waals surface area contributed by atoms with E-state index < -0.39 is 0 Å². The largest absolute Gasteiger partial charge is 0.352 e. The lowest BCUT2D eigenvalue weighted by Crippen LogP contribution is -2.44. The molecule has 0 radical (unpaired) electrons. The molecule has 1 aliphatic rings. The Labute approximate surface area is 134 Å². The molecule has 1 fully saturated rings. The summed E-state index contributed by atoms with van der Waals surface area (Å²) in [5.41, 5.74) is 2.09. The number of aromatic nitrogens is 2. The Morgan fingerprint density at radius 1 is 1.36 bits per heavy atom. The molecule has 0 saturated carbocycles. The number of hydrogen-bond acceptors (Lipinski definition) is 3. The normalized spacial score (nSPS) is 18.2. The first-order valence-electron chi connectivity index (χ1n) is 7.50. The number of nitrogens with zero attached hydrogens (tertiary/aromatic N) is 2. The van der Waals surface area contributed by atoms with Gasteiger partial charge >= 0.3 is 0 Å². The summed E-state index contributed by atoms with van der Waals surface area (Å²) in [4.78, 5) is 11.3. The van der Waals surface area contributed by atoms with Crippen molar-refractivity contribution >= 4 is 17.5 Å². The molecular weight excluding hydrogens is 300 g/mol. The maximum absolute atomic E-state index is 11.3. The van der Waals surface area contributed by atoms with Crippen molar-refractivity contribution in [3.8, 4) is 5.69 Å². The first-order valence-corrected chi connectivity index (χ1v) is 7.88. The maximum atomic E-state index is 11.3. The fourth-order valence-corrected chi connectivity index (χ4v) is 2.74. The van der Waals surface area contributed by atoms with Crippen LogP contribution in [0.5, 0.6) is 0 Å². The van der Waals surface area contributed by atoms with Crippen LogP contribution >= 0.6 is 11.6 Å². The zero-order chi connectivity index (χ0) is 15.4. The molecular formula is C16H19ClN4O. The average molecular weight is 319 g/mol. The topological polar surface area (TPSA) is 59.0 Å². The number of hydrogen-bond donors (Lipinski definition) is 2. The minimum atomic E-state index is 0.161. The molecule has 0 bridgehead atoms. The summed E-state index contributed by atoms with van der Waals surface area (Å²) in [5.74, 6) is 0.161. The molecule has 2 heterocycles. The molecule has 0 spiro atoms. The maximum Gasteiger partial charge on any atom is 0.220 e. The summed E-state index contributed by atoms with van der Waals surface area (Å²) < 4.78 is 1.83. The Morgan fingerprint density at radius 2 is 2.18 bits per heavy atom. The van der Waals surface area contributed by atoms with E-state index in [1.54, 1.807) is 0 Å². The number of amides is 1. The second kappa shape index (κ2) is 6.94. The van der Waals surface area contributed by atoms with Gasteiger partial charge in [0.15, 0.2) is 0 Å². The van der Waals surface area contributed by atoms with E-state index in [1.807, 2.05) is 41.3 Å². The van der Waals surface area contributed by atoms with Crippen molar-refractivity contribution in [2.75, 3.05) is 6.54 Å². The van der Waals surface area contributed by atoms with Gasteiger partial charge < -0.3 is 10.6 Å². The Balaban J connectivity index is 1.51. The predicted octanol–water partition coefficient (Wildman–Crippen LogP) is 2.28. The molecule has 0 unspecified atom stereocenters. The van der Waals surface area contributed by atoms with Crippen LogP contribution in [0.2, 0.25) is 5.02 Å². The van der Waals surface area contributed by atoms with Crippen LogP contribution in [0.4, 0.5) is 0 Å². The van der Waals surface area contributed by atoms with E-state index >= 15 is 0 Å². The number of nitrogens with one attached hydrogen (secondary N) is 2. The summed E-state index contributed by atoms with van der Waals surface area (Å²) in [6, 6.07) is 7.81. The molecule has 116 valence electrons. The van der Waals surface area contributed by atoms with Crippen molar-refractivity contribution in [1.82, 2.24) is 20.4 Å². The lowest BCUT2D eigenvalue weighted by molar-refractivity contribution is -0.123. The van der Waals surface area contributed by atoms with E-state index in [0.717, 1.165) is 37.2 Å². The fraction of sp³-hybridized carbons (Fsp3) is 0.375. The highest BCUT2D eigenvalue weighted by molar-refractivity contribution is 6.30. The number of carbonyl (C=O) groups excluding carboxylic acids is 1. The van der Waals surface area contributed by atoms with E-state index in [9.17, 15) is 4.79 Å². The highest BCUT2D eigenvalue weighted by atomic mass is 35.5. The van der Waals surface area contributed by atoms with E-state index in [2.05, 4.69) is 15.7 Å².